The molecule has 0 aliphatic rings. The molecular weight excluding hydrogens is 418 g/mol. The van der Waals surface area contributed by atoms with Gasteiger partial charge in [0.25, 0.3) is 10.0 Å². The van der Waals surface area contributed by atoms with Crippen molar-refractivity contribution in [1.29, 1.82) is 0 Å². The number of anilines is 1. The van der Waals surface area contributed by atoms with Gasteiger partial charge in [0.1, 0.15) is 6.54 Å². The van der Waals surface area contributed by atoms with Crippen LogP contribution in [0.2, 0.25) is 20.1 Å². The molecule has 0 aromatic heterocycles. The first-order valence-corrected chi connectivity index (χ1v) is 9.29. The fourth-order valence-corrected chi connectivity index (χ4v) is 4.29. The lowest BCUT2D eigenvalue weighted by Crippen LogP contribution is -2.38. The Balaban J connectivity index is 2.61. The number of halogens is 4. The van der Waals surface area contributed by atoms with Crippen molar-refractivity contribution in [1.82, 2.24) is 0 Å². The third-order valence-electron chi connectivity index (χ3n) is 2.96. The summed E-state index contributed by atoms with van der Waals surface area (Å²) in [6.45, 7) is -0.607. The average Bonchev–Trinajstić information content (AvgIpc) is 2.48. The summed E-state index contributed by atoms with van der Waals surface area (Å²) >= 11 is 23.6. The van der Waals surface area contributed by atoms with Crippen LogP contribution in [0.3, 0.4) is 0 Å². The van der Waals surface area contributed by atoms with Crippen LogP contribution in [-0.2, 0) is 14.8 Å². The van der Waals surface area contributed by atoms with E-state index in [1.807, 2.05) is 0 Å². The number of primary amides is 1. The van der Waals surface area contributed by atoms with Gasteiger partial charge in [0.15, 0.2) is 0 Å². The lowest BCUT2D eigenvalue weighted by atomic mass is 10.3. The van der Waals surface area contributed by atoms with Crippen molar-refractivity contribution in [2.24, 2.45) is 5.73 Å². The number of hydrogen-bond acceptors (Lipinski definition) is 3. The predicted octanol–water partition coefficient (Wildman–Crippen LogP) is 3.98. The fraction of sp³-hybridized carbons (Fsp3) is 0.0714. The van der Waals surface area contributed by atoms with Gasteiger partial charge in [0, 0.05) is 5.02 Å². The molecule has 2 aromatic rings. The van der Waals surface area contributed by atoms with E-state index in [4.69, 9.17) is 52.1 Å². The Labute approximate surface area is 158 Å². The van der Waals surface area contributed by atoms with Crippen molar-refractivity contribution in [3.63, 3.8) is 0 Å². The van der Waals surface area contributed by atoms with Gasteiger partial charge in [-0.3, -0.25) is 9.10 Å². The van der Waals surface area contributed by atoms with Crippen molar-refractivity contribution >= 4 is 68.0 Å². The topological polar surface area (TPSA) is 80.5 Å². The SMILES string of the molecule is NC(=O)CN(c1ccc(Cl)cc1Cl)S(=O)(=O)c1ccc(Cl)c(Cl)c1. The molecule has 24 heavy (non-hydrogen) atoms. The molecule has 0 saturated heterocycles. The van der Waals surface area contributed by atoms with Crippen LogP contribution in [0, 0.1) is 0 Å². The molecule has 0 fully saturated rings. The molecule has 0 atom stereocenters. The molecular formula is C14H10Cl4N2O3S. The van der Waals surface area contributed by atoms with Crippen molar-refractivity contribution in [3.8, 4) is 0 Å². The Morgan fingerprint density at radius 1 is 0.958 bits per heavy atom. The number of benzene rings is 2. The molecule has 1 amide bonds. The lowest BCUT2D eigenvalue weighted by molar-refractivity contribution is -0.116. The summed E-state index contributed by atoms with van der Waals surface area (Å²) in [6, 6.07) is 7.96. The third-order valence-corrected chi connectivity index (χ3v) is 5.99. The highest BCUT2D eigenvalue weighted by Gasteiger charge is 2.28. The molecule has 0 spiro atoms. The van der Waals surface area contributed by atoms with E-state index in [9.17, 15) is 13.2 Å². The molecule has 2 rings (SSSR count). The highest BCUT2D eigenvalue weighted by molar-refractivity contribution is 7.92. The van der Waals surface area contributed by atoms with Crippen LogP contribution in [-0.4, -0.2) is 20.9 Å². The molecule has 10 heteroatoms. The van der Waals surface area contributed by atoms with Gasteiger partial charge in [-0.1, -0.05) is 46.4 Å². The van der Waals surface area contributed by atoms with Crippen LogP contribution in [0.4, 0.5) is 5.69 Å². The first-order chi connectivity index (χ1) is 11.1. The lowest BCUT2D eigenvalue weighted by Gasteiger charge is -2.24. The van der Waals surface area contributed by atoms with E-state index in [1.54, 1.807) is 0 Å². The number of sulfonamides is 1. The Morgan fingerprint density at radius 3 is 2.17 bits per heavy atom. The second-order valence-corrected chi connectivity index (χ2v) is 8.17. The Morgan fingerprint density at radius 2 is 1.62 bits per heavy atom. The minimum Gasteiger partial charge on any atom is -0.368 e. The summed E-state index contributed by atoms with van der Waals surface area (Å²) in [7, 11) is -4.16. The van der Waals surface area contributed by atoms with E-state index in [2.05, 4.69) is 0 Å². The summed E-state index contributed by atoms with van der Waals surface area (Å²) < 4.78 is 26.6. The fourth-order valence-electron chi connectivity index (χ4n) is 1.89. The maximum Gasteiger partial charge on any atom is 0.264 e. The molecule has 0 aliphatic carbocycles. The number of hydrogen-bond donors (Lipinski definition) is 1. The smallest absolute Gasteiger partial charge is 0.264 e. The monoisotopic (exact) mass is 426 g/mol. The standard InChI is InChI=1S/C14H10Cl4N2O3S/c15-8-1-4-13(12(18)5-8)20(7-14(19)21)24(22,23)9-2-3-10(16)11(17)6-9/h1-6H,7H2,(H2,19,21). The molecule has 5 nitrogen and oxygen atoms in total. The maximum absolute atomic E-state index is 12.9. The summed E-state index contributed by atoms with van der Waals surface area (Å²) in [6.07, 6.45) is 0. The number of carbonyl (C=O) groups is 1. The highest BCUT2D eigenvalue weighted by atomic mass is 35.5. The summed E-state index contributed by atoms with van der Waals surface area (Å²) in [5.41, 5.74) is 5.24. The van der Waals surface area contributed by atoms with Crippen molar-refractivity contribution in [3.05, 3.63) is 56.5 Å². The van der Waals surface area contributed by atoms with Crippen LogP contribution in [0.1, 0.15) is 0 Å². The Hall–Kier alpha value is -1.18. The first kappa shape index (κ1) is 19.1. The van der Waals surface area contributed by atoms with Crippen molar-refractivity contribution in [2.45, 2.75) is 4.90 Å². The molecule has 0 saturated carbocycles. The highest BCUT2D eigenvalue weighted by Crippen LogP contribution is 2.34. The van der Waals surface area contributed by atoms with Gasteiger partial charge in [-0.2, -0.15) is 0 Å². The molecule has 0 bridgehead atoms. The molecule has 0 unspecified atom stereocenters. The predicted molar refractivity (Wildman–Crippen MR) is 96.7 cm³/mol. The average molecular weight is 428 g/mol. The van der Waals surface area contributed by atoms with Gasteiger partial charge < -0.3 is 5.73 Å². The zero-order valence-corrected chi connectivity index (χ0v) is 15.7. The van der Waals surface area contributed by atoms with Crippen molar-refractivity contribution < 1.29 is 13.2 Å². The van der Waals surface area contributed by atoms with E-state index in [1.165, 1.54) is 36.4 Å². The van der Waals surface area contributed by atoms with Crippen LogP contribution in [0.15, 0.2) is 41.3 Å². The maximum atomic E-state index is 12.9. The van der Waals surface area contributed by atoms with Crippen LogP contribution in [0.25, 0.3) is 0 Å². The van der Waals surface area contributed by atoms with E-state index >= 15 is 0 Å². The van der Waals surface area contributed by atoms with Crippen molar-refractivity contribution in [2.75, 3.05) is 10.8 Å². The van der Waals surface area contributed by atoms with Gasteiger partial charge in [-0.05, 0) is 36.4 Å². The van der Waals surface area contributed by atoms with Crippen LogP contribution < -0.4 is 10.0 Å². The van der Waals surface area contributed by atoms with E-state index < -0.39 is 22.5 Å². The normalized spacial score (nSPS) is 11.3. The van der Waals surface area contributed by atoms with Gasteiger partial charge >= 0.3 is 0 Å². The Bertz CT molecular complexity index is 903. The number of nitrogens with two attached hydrogens (primary N) is 1. The quantitative estimate of drug-likeness (QED) is 0.783. The molecule has 2 N–H and O–H groups in total. The molecule has 0 radical (unpaired) electrons. The van der Waals surface area contributed by atoms with E-state index in [0.717, 1.165) is 4.31 Å². The van der Waals surface area contributed by atoms with Gasteiger partial charge in [0.2, 0.25) is 5.91 Å². The number of carbonyl (C=O) groups excluding carboxylic acids is 1. The van der Waals surface area contributed by atoms with Crippen LogP contribution in [0.5, 0.6) is 0 Å². The first-order valence-electron chi connectivity index (χ1n) is 6.34. The van der Waals surface area contributed by atoms with E-state index in [0.29, 0.717) is 5.02 Å². The Kier molecular flexibility index (Phi) is 5.88. The third kappa shape index (κ3) is 4.07. The van der Waals surface area contributed by atoms with Gasteiger partial charge in [-0.15, -0.1) is 0 Å². The number of rotatable bonds is 5. The minimum atomic E-state index is -4.16. The molecule has 0 aliphatic heterocycles. The number of nitrogens with zero attached hydrogens (tertiary/aromatic N) is 1. The molecule has 0 heterocycles. The summed E-state index contributed by atoms with van der Waals surface area (Å²) in [5, 5.41) is 0.614. The largest absolute Gasteiger partial charge is 0.368 e. The zero-order valence-electron chi connectivity index (χ0n) is 11.8. The van der Waals surface area contributed by atoms with Gasteiger partial charge in [-0.25, -0.2) is 8.42 Å². The van der Waals surface area contributed by atoms with Gasteiger partial charge in [0.05, 0.1) is 25.7 Å². The zero-order chi connectivity index (χ0) is 18.1. The summed E-state index contributed by atoms with van der Waals surface area (Å²) in [5.74, 6) is -0.857. The molecule has 2 aromatic carbocycles. The second-order valence-electron chi connectivity index (χ2n) is 4.65. The van der Waals surface area contributed by atoms with Crippen LogP contribution >= 0.6 is 46.4 Å². The molecule has 128 valence electrons. The number of amides is 1. The minimum absolute atomic E-state index is 0.0485. The van der Waals surface area contributed by atoms with E-state index in [-0.39, 0.29) is 25.7 Å². The summed E-state index contributed by atoms with van der Waals surface area (Å²) in [4.78, 5) is 11.2. The second kappa shape index (κ2) is 7.37.